The van der Waals surface area contributed by atoms with Crippen LogP contribution in [-0.2, 0) is 14.9 Å². The molecule has 1 rings (SSSR count). The Morgan fingerprint density at radius 3 is 2.27 bits per heavy atom. The monoisotopic (exact) mass is 354 g/mol. The molecule has 0 amide bonds. The summed E-state index contributed by atoms with van der Waals surface area (Å²) < 4.78 is 5.52. The van der Waals surface area contributed by atoms with Gasteiger partial charge in [-0.15, -0.1) is 0 Å². The average molecular weight is 354 g/mol. The summed E-state index contributed by atoms with van der Waals surface area (Å²) in [6, 6.07) is 7.43. The van der Waals surface area contributed by atoms with Crippen molar-refractivity contribution in [1.82, 2.24) is 0 Å². The number of benzene rings is 1. The summed E-state index contributed by atoms with van der Waals surface area (Å²) in [5.74, 6) is -0.234. The summed E-state index contributed by atoms with van der Waals surface area (Å²) in [6.07, 6.45) is 4.71. The Labute approximate surface area is 157 Å². The van der Waals surface area contributed by atoms with E-state index in [9.17, 15) is 9.59 Å². The van der Waals surface area contributed by atoms with Gasteiger partial charge in [0, 0.05) is 5.56 Å². The molecule has 0 fully saturated rings. The van der Waals surface area contributed by atoms with Crippen molar-refractivity contribution in [3.63, 3.8) is 0 Å². The number of allylic oxidation sites excluding steroid dienone is 3. The molecular weight excluding hydrogens is 324 g/mol. The van der Waals surface area contributed by atoms with E-state index in [-0.39, 0.29) is 23.4 Å². The van der Waals surface area contributed by atoms with Gasteiger partial charge in [0.2, 0.25) is 0 Å². The maximum absolute atomic E-state index is 12.5. The van der Waals surface area contributed by atoms with Gasteiger partial charge in [0.05, 0.1) is 18.6 Å². The van der Waals surface area contributed by atoms with E-state index in [1.54, 1.807) is 18.2 Å². The standard InChI is InChI=1S/C23H30O3/c1-7-9-15-26-17(3)20(10-8-2)22(25)16-21(24)18-11-13-19(14-12-18)23(4,5)6/h8,10-14H,2-3,7,9,15-16H2,1,4-6H3/b20-10+. The lowest BCUT2D eigenvalue weighted by atomic mass is 9.86. The Kier molecular flexibility index (Phi) is 8.24. The average Bonchev–Trinajstić information content (AvgIpc) is 2.58. The van der Waals surface area contributed by atoms with Crippen molar-refractivity contribution >= 4 is 11.6 Å². The summed E-state index contributed by atoms with van der Waals surface area (Å²) in [7, 11) is 0. The lowest BCUT2D eigenvalue weighted by Gasteiger charge is -2.19. The van der Waals surface area contributed by atoms with Crippen LogP contribution in [0.4, 0.5) is 0 Å². The summed E-state index contributed by atoms with van der Waals surface area (Å²) in [4.78, 5) is 25.0. The number of hydrogen-bond acceptors (Lipinski definition) is 3. The van der Waals surface area contributed by atoms with Crippen LogP contribution in [0.3, 0.4) is 0 Å². The van der Waals surface area contributed by atoms with Crippen LogP contribution in [-0.4, -0.2) is 18.2 Å². The Morgan fingerprint density at radius 2 is 1.77 bits per heavy atom. The first-order valence-corrected chi connectivity index (χ1v) is 9.02. The smallest absolute Gasteiger partial charge is 0.174 e. The molecule has 0 saturated heterocycles. The lowest BCUT2D eigenvalue weighted by molar-refractivity contribution is -0.114. The third kappa shape index (κ3) is 6.47. The fourth-order valence-electron chi connectivity index (χ4n) is 2.38. The molecule has 26 heavy (non-hydrogen) atoms. The number of rotatable bonds is 10. The van der Waals surface area contributed by atoms with Crippen LogP contribution in [0.15, 0.2) is 60.9 Å². The molecule has 140 valence electrons. The van der Waals surface area contributed by atoms with E-state index in [4.69, 9.17) is 4.74 Å². The predicted octanol–water partition coefficient (Wildman–Crippen LogP) is 5.57. The highest BCUT2D eigenvalue weighted by molar-refractivity contribution is 6.14. The maximum Gasteiger partial charge on any atom is 0.174 e. The molecule has 1 aromatic carbocycles. The molecule has 0 spiro atoms. The quantitative estimate of drug-likeness (QED) is 0.138. The fraction of sp³-hybridized carbons (Fsp3) is 0.391. The number of ketones is 2. The van der Waals surface area contributed by atoms with Gasteiger partial charge in [-0.1, -0.05) is 77.6 Å². The minimum Gasteiger partial charge on any atom is -0.493 e. The van der Waals surface area contributed by atoms with Crippen molar-refractivity contribution in [3.8, 4) is 0 Å². The van der Waals surface area contributed by atoms with Gasteiger partial charge in [0.1, 0.15) is 5.76 Å². The van der Waals surface area contributed by atoms with Gasteiger partial charge in [-0.3, -0.25) is 9.59 Å². The molecule has 0 bridgehead atoms. The molecule has 0 aliphatic heterocycles. The number of unbranched alkanes of at least 4 members (excludes halogenated alkanes) is 1. The second-order valence-electron chi connectivity index (χ2n) is 7.29. The molecule has 1 aromatic rings. The predicted molar refractivity (Wildman–Crippen MR) is 107 cm³/mol. The molecule has 0 unspecified atom stereocenters. The van der Waals surface area contributed by atoms with Gasteiger partial charge >= 0.3 is 0 Å². The zero-order valence-electron chi connectivity index (χ0n) is 16.4. The fourth-order valence-corrected chi connectivity index (χ4v) is 2.38. The van der Waals surface area contributed by atoms with Gasteiger partial charge in [0.15, 0.2) is 11.6 Å². The van der Waals surface area contributed by atoms with Gasteiger partial charge in [-0.2, -0.15) is 0 Å². The minimum atomic E-state index is -0.309. The second kappa shape index (κ2) is 9.91. The highest BCUT2D eigenvalue weighted by Crippen LogP contribution is 2.23. The van der Waals surface area contributed by atoms with Crippen LogP contribution in [0, 0.1) is 0 Å². The molecule has 0 radical (unpaired) electrons. The van der Waals surface area contributed by atoms with Crippen LogP contribution >= 0.6 is 0 Å². The topological polar surface area (TPSA) is 43.4 Å². The van der Waals surface area contributed by atoms with E-state index in [1.165, 1.54) is 6.08 Å². The van der Waals surface area contributed by atoms with Crippen molar-refractivity contribution in [1.29, 1.82) is 0 Å². The van der Waals surface area contributed by atoms with Crippen LogP contribution < -0.4 is 0 Å². The molecule has 0 aliphatic rings. The Bertz CT molecular complexity index is 685. The third-order valence-electron chi connectivity index (χ3n) is 4.05. The minimum absolute atomic E-state index is 0.0187. The van der Waals surface area contributed by atoms with Crippen LogP contribution in [0.5, 0.6) is 0 Å². The molecule has 0 atom stereocenters. The molecule has 0 saturated carbocycles. The Balaban J connectivity index is 2.82. The largest absolute Gasteiger partial charge is 0.493 e. The van der Waals surface area contributed by atoms with E-state index in [2.05, 4.69) is 40.9 Å². The molecular formula is C23H30O3. The van der Waals surface area contributed by atoms with E-state index in [0.717, 1.165) is 18.4 Å². The van der Waals surface area contributed by atoms with Gasteiger partial charge in [-0.25, -0.2) is 0 Å². The highest BCUT2D eigenvalue weighted by Gasteiger charge is 2.19. The lowest BCUT2D eigenvalue weighted by Crippen LogP contribution is -2.14. The molecule has 0 aromatic heterocycles. The SMILES string of the molecule is C=C/C=C(\C(=C)OCCCC)C(=O)CC(=O)c1ccc(C(C)(C)C)cc1. The van der Waals surface area contributed by atoms with Crippen LogP contribution in [0.2, 0.25) is 0 Å². The van der Waals surface area contributed by atoms with Gasteiger partial charge in [-0.05, 0) is 23.5 Å². The van der Waals surface area contributed by atoms with Crippen molar-refractivity contribution in [2.45, 2.75) is 52.4 Å². The maximum atomic E-state index is 12.5. The first kappa shape index (κ1) is 21.6. The van der Waals surface area contributed by atoms with E-state index >= 15 is 0 Å². The molecule has 0 N–H and O–H groups in total. The van der Waals surface area contributed by atoms with Crippen LogP contribution in [0.1, 0.15) is 62.9 Å². The normalized spacial score (nSPS) is 11.8. The van der Waals surface area contributed by atoms with Crippen LogP contribution in [0.25, 0.3) is 0 Å². The number of hydrogen-bond donors (Lipinski definition) is 0. The summed E-state index contributed by atoms with van der Waals surface area (Å²) in [5, 5.41) is 0. The van der Waals surface area contributed by atoms with Crippen molar-refractivity contribution in [3.05, 3.63) is 72.0 Å². The van der Waals surface area contributed by atoms with Gasteiger partial charge < -0.3 is 4.74 Å². The molecule has 0 aliphatic carbocycles. The molecule has 3 nitrogen and oxygen atoms in total. The van der Waals surface area contributed by atoms with Crippen molar-refractivity contribution in [2.24, 2.45) is 0 Å². The molecule has 3 heteroatoms. The number of carbonyl (C=O) groups excluding carboxylic acids is 2. The summed E-state index contributed by atoms with van der Waals surface area (Å²) in [5.41, 5.74) is 1.99. The zero-order valence-corrected chi connectivity index (χ0v) is 16.4. The van der Waals surface area contributed by atoms with Crippen molar-refractivity contribution < 1.29 is 14.3 Å². The zero-order chi connectivity index (χ0) is 19.7. The van der Waals surface area contributed by atoms with E-state index in [0.29, 0.717) is 23.5 Å². The summed E-state index contributed by atoms with van der Waals surface area (Å²) in [6.45, 7) is 16.3. The third-order valence-corrected chi connectivity index (χ3v) is 4.05. The van der Waals surface area contributed by atoms with Gasteiger partial charge in [0.25, 0.3) is 0 Å². The number of ether oxygens (including phenoxy) is 1. The Morgan fingerprint density at radius 1 is 1.15 bits per heavy atom. The first-order chi connectivity index (χ1) is 12.2. The second-order valence-corrected chi connectivity index (χ2v) is 7.29. The number of carbonyl (C=O) groups is 2. The highest BCUT2D eigenvalue weighted by atomic mass is 16.5. The molecule has 0 heterocycles. The first-order valence-electron chi connectivity index (χ1n) is 9.02. The summed E-state index contributed by atoms with van der Waals surface area (Å²) >= 11 is 0. The Hall–Kier alpha value is -2.42. The van der Waals surface area contributed by atoms with E-state index in [1.807, 2.05) is 12.1 Å². The van der Waals surface area contributed by atoms with E-state index < -0.39 is 0 Å². The number of Topliss-reactive ketones (excluding diaryl/α,β-unsaturated/α-hetero) is 2. The van der Waals surface area contributed by atoms with Crippen molar-refractivity contribution in [2.75, 3.05) is 6.61 Å².